The van der Waals surface area contributed by atoms with Crippen molar-refractivity contribution < 1.29 is 4.79 Å². The summed E-state index contributed by atoms with van der Waals surface area (Å²) in [5.74, 6) is -0.290. The third-order valence-electron chi connectivity index (χ3n) is 3.52. The summed E-state index contributed by atoms with van der Waals surface area (Å²) in [7, 11) is 1.94. The average Bonchev–Trinajstić information content (AvgIpc) is 2.50. The van der Waals surface area contributed by atoms with Gasteiger partial charge in [-0.2, -0.15) is 5.10 Å². The molecule has 0 aliphatic carbocycles. The molecule has 1 unspecified atom stereocenters. The lowest BCUT2D eigenvalue weighted by molar-refractivity contribution is -0.125. The Labute approximate surface area is 109 Å². The van der Waals surface area contributed by atoms with E-state index in [1.807, 2.05) is 39.4 Å². The van der Waals surface area contributed by atoms with Gasteiger partial charge >= 0.3 is 0 Å². The van der Waals surface area contributed by atoms with Gasteiger partial charge in [-0.05, 0) is 34.6 Å². The average molecular weight is 252 g/mol. The van der Waals surface area contributed by atoms with Gasteiger partial charge in [0.15, 0.2) is 0 Å². The molecule has 1 heterocycles. The Morgan fingerprint density at radius 1 is 1.50 bits per heavy atom. The van der Waals surface area contributed by atoms with Crippen LogP contribution in [0.2, 0.25) is 0 Å². The molecule has 0 saturated carbocycles. The summed E-state index contributed by atoms with van der Waals surface area (Å²) in [4.78, 5) is 11.3. The maximum Gasteiger partial charge on any atom is 0.224 e. The van der Waals surface area contributed by atoms with E-state index >= 15 is 0 Å². The number of nitrogens with zero attached hydrogens (tertiary/aromatic N) is 2. The topological polar surface area (TPSA) is 72.9 Å². The number of hydrogen-bond acceptors (Lipinski definition) is 3. The van der Waals surface area contributed by atoms with E-state index in [4.69, 9.17) is 5.73 Å². The van der Waals surface area contributed by atoms with E-state index in [9.17, 15) is 4.79 Å². The Morgan fingerprint density at radius 3 is 2.44 bits per heavy atom. The van der Waals surface area contributed by atoms with Crippen LogP contribution in [0.1, 0.15) is 43.8 Å². The van der Waals surface area contributed by atoms with Crippen LogP contribution in [0.4, 0.5) is 0 Å². The summed E-state index contributed by atoms with van der Waals surface area (Å²) in [5.41, 5.74) is 8.18. The molecule has 0 aliphatic rings. The van der Waals surface area contributed by atoms with Crippen LogP contribution in [-0.4, -0.2) is 22.2 Å². The van der Waals surface area contributed by atoms with Gasteiger partial charge in [0.2, 0.25) is 5.91 Å². The number of nitrogens with one attached hydrogen (secondary N) is 1. The molecule has 0 bridgehead atoms. The summed E-state index contributed by atoms with van der Waals surface area (Å²) in [5, 5.41) is 7.76. The summed E-state index contributed by atoms with van der Waals surface area (Å²) < 4.78 is 1.88. The van der Waals surface area contributed by atoms with Crippen molar-refractivity contribution in [1.82, 2.24) is 15.1 Å². The van der Waals surface area contributed by atoms with Crippen molar-refractivity contribution in [3.05, 3.63) is 17.0 Å². The molecule has 0 radical (unpaired) electrons. The Morgan fingerprint density at radius 2 is 2.06 bits per heavy atom. The first-order chi connectivity index (χ1) is 8.16. The largest absolute Gasteiger partial charge is 0.369 e. The first kappa shape index (κ1) is 14.7. The Bertz CT molecular complexity index is 448. The molecule has 5 nitrogen and oxygen atoms in total. The summed E-state index contributed by atoms with van der Waals surface area (Å²) >= 11 is 0. The van der Waals surface area contributed by atoms with E-state index in [2.05, 4.69) is 17.3 Å². The highest BCUT2D eigenvalue weighted by Crippen LogP contribution is 2.22. The fraction of sp³-hybridized carbons (Fsp3) is 0.692. The number of hydrogen-bond donors (Lipinski definition) is 2. The standard InChI is InChI=1S/C13H24N4O/c1-8(15-7-13(4,5)12(14)18)11-9(2)16-17(6)10(11)3/h8,15H,7H2,1-6H3,(H2,14,18). The molecular weight excluding hydrogens is 228 g/mol. The Balaban J connectivity index is 2.78. The highest BCUT2D eigenvalue weighted by molar-refractivity contribution is 5.80. The summed E-state index contributed by atoms with van der Waals surface area (Å²) in [6.45, 7) is 10.4. The number of aromatic nitrogens is 2. The van der Waals surface area contributed by atoms with E-state index in [-0.39, 0.29) is 11.9 Å². The van der Waals surface area contributed by atoms with E-state index in [1.165, 1.54) is 5.56 Å². The number of rotatable bonds is 5. The van der Waals surface area contributed by atoms with Gasteiger partial charge in [0.05, 0.1) is 11.1 Å². The van der Waals surface area contributed by atoms with Gasteiger partial charge in [-0.3, -0.25) is 9.48 Å². The second-order valence-corrected chi connectivity index (χ2v) is 5.56. The zero-order valence-corrected chi connectivity index (χ0v) is 12.2. The lowest BCUT2D eigenvalue weighted by Crippen LogP contribution is -2.41. The Hall–Kier alpha value is -1.36. The lowest BCUT2D eigenvalue weighted by atomic mass is 9.92. The van der Waals surface area contributed by atoms with Gasteiger partial charge in [-0.25, -0.2) is 0 Å². The fourth-order valence-corrected chi connectivity index (χ4v) is 2.01. The molecular formula is C13H24N4O. The monoisotopic (exact) mass is 252 g/mol. The van der Waals surface area contributed by atoms with Crippen molar-refractivity contribution in [2.45, 2.75) is 40.7 Å². The second-order valence-electron chi connectivity index (χ2n) is 5.56. The number of amides is 1. The molecule has 1 amide bonds. The van der Waals surface area contributed by atoms with Crippen molar-refractivity contribution in [3.8, 4) is 0 Å². The van der Waals surface area contributed by atoms with Crippen LogP contribution in [0.5, 0.6) is 0 Å². The lowest BCUT2D eigenvalue weighted by Gasteiger charge is -2.24. The fourth-order valence-electron chi connectivity index (χ4n) is 2.01. The van der Waals surface area contributed by atoms with Crippen LogP contribution in [-0.2, 0) is 11.8 Å². The molecule has 0 aliphatic heterocycles. The van der Waals surface area contributed by atoms with Crippen molar-refractivity contribution in [1.29, 1.82) is 0 Å². The van der Waals surface area contributed by atoms with Crippen LogP contribution in [0.3, 0.4) is 0 Å². The molecule has 3 N–H and O–H groups in total. The molecule has 5 heteroatoms. The zero-order chi connectivity index (χ0) is 14.1. The predicted molar refractivity (Wildman–Crippen MR) is 72.1 cm³/mol. The number of aryl methyl sites for hydroxylation is 2. The Kier molecular flexibility index (Phi) is 4.16. The minimum Gasteiger partial charge on any atom is -0.369 e. The minimum absolute atomic E-state index is 0.150. The highest BCUT2D eigenvalue weighted by Gasteiger charge is 2.26. The molecule has 0 fully saturated rings. The van der Waals surface area contributed by atoms with Crippen LogP contribution in [0.25, 0.3) is 0 Å². The predicted octanol–water partition coefficient (Wildman–Crippen LogP) is 1.20. The molecule has 1 rings (SSSR count). The van der Waals surface area contributed by atoms with E-state index in [0.717, 1.165) is 11.4 Å². The number of carbonyl (C=O) groups is 1. The summed E-state index contributed by atoms with van der Waals surface area (Å²) in [6, 6.07) is 0.150. The van der Waals surface area contributed by atoms with Gasteiger partial charge in [0.25, 0.3) is 0 Å². The highest BCUT2D eigenvalue weighted by atomic mass is 16.1. The van der Waals surface area contributed by atoms with Gasteiger partial charge in [0.1, 0.15) is 0 Å². The number of nitrogens with two attached hydrogens (primary N) is 1. The second kappa shape index (κ2) is 5.10. The van der Waals surface area contributed by atoms with Gasteiger partial charge in [-0.1, -0.05) is 0 Å². The van der Waals surface area contributed by atoms with Crippen LogP contribution < -0.4 is 11.1 Å². The molecule has 1 atom stereocenters. The third kappa shape index (κ3) is 2.90. The van der Waals surface area contributed by atoms with Crippen molar-refractivity contribution in [3.63, 3.8) is 0 Å². The third-order valence-corrected chi connectivity index (χ3v) is 3.52. The molecule has 0 spiro atoms. The quantitative estimate of drug-likeness (QED) is 0.827. The first-order valence-electron chi connectivity index (χ1n) is 6.20. The van der Waals surface area contributed by atoms with Gasteiger partial charge in [0, 0.05) is 30.9 Å². The van der Waals surface area contributed by atoms with E-state index in [0.29, 0.717) is 6.54 Å². The molecule has 0 saturated heterocycles. The van der Waals surface area contributed by atoms with E-state index < -0.39 is 5.41 Å². The molecule has 1 aromatic heterocycles. The normalized spacial score (nSPS) is 13.7. The van der Waals surface area contributed by atoms with Crippen molar-refractivity contribution in [2.75, 3.05) is 6.54 Å². The van der Waals surface area contributed by atoms with Gasteiger partial charge < -0.3 is 11.1 Å². The van der Waals surface area contributed by atoms with E-state index in [1.54, 1.807) is 0 Å². The van der Waals surface area contributed by atoms with Crippen molar-refractivity contribution in [2.24, 2.45) is 18.2 Å². The summed E-state index contributed by atoms with van der Waals surface area (Å²) in [6.07, 6.45) is 0. The van der Waals surface area contributed by atoms with Crippen molar-refractivity contribution >= 4 is 5.91 Å². The molecule has 18 heavy (non-hydrogen) atoms. The maximum atomic E-state index is 11.3. The number of primary amides is 1. The minimum atomic E-state index is -0.543. The molecule has 1 aromatic rings. The SMILES string of the molecule is Cc1nn(C)c(C)c1C(C)NCC(C)(C)C(N)=O. The molecule has 102 valence electrons. The first-order valence-corrected chi connectivity index (χ1v) is 6.20. The maximum absolute atomic E-state index is 11.3. The number of carbonyl (C=O) groups excluding carboxylic acids is 1. The smallest absolute Gasteiger partial charge is 0.224 e. The molecule has 0 aromatic carbocycles. The van der Waals surface area contributed by atoms with Crippen LogP contribution >= 0.6 is 0 Å². The van der Waals surface area contributed by atoms with Gasteiger partial charge in [-0.15, -0.1) is 0 Å². The zero-order valence-electron chi connectivity index (χ0n) is 12.2. The van der Waals surface area contributed by atoms with Crippen LogP contribution in [0, 0.1) is 19.3 Å². The van der Waals surface area contributed by atoms with Crippen LogP contribution in [0.15, 0.2) is 0 Å².